The molecule has 2 aromatic rings. The van der Waals surface area contributed by atoms with Crippen molar-refractivity contribution in [2.75, 3.05) is 7.11 Å². The number of rotatable bonds is 6. The maximum Gasteiger partial charge on any atom is 0.346 e. The van der Waals surface area contributed by atoms with E-state index in [4.69, 9.17) is 42.1 Å². The van der Waals surface area contributed by atoms with Crippen LogP contribution >= 0.6 is 23.2 Å². The number of methoxy groups -OCH3 is 1. The number of aliphatic hydroxyl groups is 1. The SMILES string of the molecule is COc1c([C@@H](O)CC(C)C)ccc2c1C(=O)OCc1c(Cl)c(C)c(Cl)c(OC(=O)C3(C)CC3)c1O2. The molecular weight excluding hydrogens is 495 g/mol. The van der Waals surface area contributed by atoms with Crippen LogP contribution in [-0.2, 0) is 16.1 Å². The van der Waals surface area contributed by atoms with Gasteiger partial charge < -0.3 is 24.1 Å². The second-order valence-corrected chi connectivity index (χ2v) is 10.5. The van der Waals surface area contributed by atoms with Gasteiger partial charge in [-0.05, 0) is 56.7 Å². The van der Waals surface area contributed by atoms with Crippen LogP contribution in [0.25, 0.3) is 0 Å². The van der Waals surface area contributed by atoms with E-state index in [0.717, 1.165) is 12.8 Å². The first-order valence-corrected chi connectivity index (χ1v) is 12.2. The first-order valence-electron chi connectivity index (χ1n) is 11.4. The molecule has 0 bridgehead atoms. The van der Waals surface area contributed by atoms with Crippen LogP contribution < -0.4 is 14.2 Å². The highest BCUT2D eigenvalue weighted by atomic mass is 35.5. The average Bonchev–Trinajstić information content (AvgIpc) is 3.56. The molecule has 188 valence electrons. The molecule has 0 spiro atoms. The van der Waals surface area contributed by atoms with Crippen molar-refractivity contribution in [2.45, 2.75) is 59.7 Å². The second kappa shape index (κ2) is 9.52. The number of cyclic esters (lactones) is 1. The lowest BCUT2D eigenvalue weighted by molar-refractivity contribution is -0.139. The fraction of sp³-hybridized carbons (Fsp3) is 0.462. The van der Waals surface area contributed by atoms with Gasteiger partial charge in [-0.25, -0.2) is 4.79 Å². The number of benzene rings is 2. The Hall–Kier alpha value is -2.48. The van der Waals surface area contributed by atoms with E-state index in [2.05, 4.69) is 0 Å². The van der Waals surface area contributed by atoms with Gasteiger partial charge in [0, 0.05) is 5.56 Å². The fourth-order valence-corrected chi connectivity index (χ4v) is 4.50. The van der Waals surface area contributed by atoms with Crippen LogP contribution in [0.5, 0.6) is 23.0 Å². The quantitative estimate of drug-likeness (QED) is 0.339. The molecule has 35 heavy (non-hydrogen) atoms. The van der Waals surface area contributed by atoms with E-state index in [-0.39, 0.29) is 51.1 Å². The maximum absolute atomic E-state index is 13.1. The van der Waals surface area contributed by atoms with E-state index < -0.39 is 23.5 Å². The first kappa shape index (κ1) is 25.6. The summed E-state index contributed by atoms with van der Waals surface area (Å²) >= 11 is 13.1. The number of hydrogen-bond donors (Lipinski definition) is 1. The standard InChI is InChI=1S/C26H28Cl2O7/c1-12(2)10-16(29)14-6-7-17-18(21(14)32-5)24(30)33-11-15-19(27)13(3)20(28)23(22(15)34-17)35-25(31)26(4)8-9-26/h6-7,12,16,29H,8-11H2,1-5H3/t16-/m0/s1. The van der Waals surface area contributed by atoms with E-state index in [1.165, 1.54) is 7.11 Å². The summed E-state index contributed by atoms with van der Waals surface area (Å²) in [5.74, 6) is -0.547. The van der Waals surface area contributed by atoms with Crippen molar-refractivity contribution < 1.29 is 33.6 Å². The second-order valence-electron chi connectivity index (χ2n) is 9.72. The summed E-state index contributed by atoms with van der Waals surface area (Å²) in [6.07, 6.45) is 1.05. The van der Waals surface area contributed by atoms with E-state index in [1.54, 1.807) is 19.1 Å². The molecule has 2 aromatic carbocycles. The van der Waals surface area contributed by atoms with E-state index in [1.807, 2.05) is 20.8 Å². The van der Waals surface area contributed by atoms with Crippen molar-refractivity contribution in [2.24, 2.45) is 11.3 Å². The van der Waals surface area contributed by atoms with Crippen LogP contribution in [0.3, 0.4) is 0 Å². The lowest BCUT2D eigenvalue weighted by Gasteiger charge is -2.25. The molecule has 0 aromatic heterocycles. The van der Waals surface area contributed by atoms with Crippen molar-refractivity contribution in [3.63, 3.8) is 0 Å². The zero-order valence-electron chi connectivity index (χ0n) is 20.3. The largest absolute Gasteiger partial charge is 0.495 e. The Labute approximate surface area is 214 Å². The number of halogens is 2. The van der Waals surface area contributed by atoms with Gasteiger partial charge in [-0.3, -0.25) is 4.79 Å². The first-order chi connectivity index (χ1) is 16.5. The fourth-order valence-electron chi connectivity index (χ4n) is 4.00. The van der Waals surface area contributed by atoms with Gasteiger partial charge in [-0.1, -0.05) is 37.0 Å². The highest BCUT2D eigenvalue weighted by molar-refractivity contribution is 6.38. The number of fused-ring (bicyclic) bond motifs is 2. The lowest BCUT2D eigenvalue weighted by Crippen LogP contribution is -2.20. The molecule has 1 heterocycles. The van der Waals surface area contributed by atoms with Gasteiger partial charge in [0.1, 0.15) is 23.7 Å². The summed E-state index contributed by atoms with van der Waals surface area (Å²) in [7, 11) is 1.40. The Balaban J connectivity index is 1.86. The highest BCUT2D eigenvalue weighted by Gasteiger charge is 2.47. The Kier molecular flexibility index (Phi) is 6.97. The number of hydrogen-bond acceptors (Lipinski definition) is 7. The monoisotopic (exact) mass is 522 g/mol. The molecule has 1 aliphatic heterocycles. The maximum atomic E-state index is 13.1. The Bertz CT molecular complexity index is 1200. The third-order valence-corrected chi connectivity index (χ3v) is 7.43. The summed E-state index contributed by atoms with van der Waals surface area (Å²) in [5, 5.41) is 11.1. The third-order valence-electron chi connectivity index (χ3n) is 6.46. The molecule has 0 saturated heterocycles. The molecule has 1 atom stereocenters. The smallest absolute Gasteiger partial charge is 0.346 e. The number of carbonyl (C=O) groups excluding carboxylic acids is 2. The highest BCUT2D eigenvalue weighted by Crippen LogP contribution is 2.52. The van der Waals surface area contributed by atoms with Crippen LogP contribution in [-0.4, -0.2) is 24.2 Å². The molecule has 1 N–H and O–H groups in total. The molecule has 1 saturated carbocycles. The van der Waals surface area contributed by atoms with Crippen LogP contribution in [0.15, 0.2) is 12.1 Å². The third kappa shape index (κ3) is 4.69. The molecule has 0 radical (unpaired) electrons. The van der Waals surface area contributed by atoms with Crippen molar-refractivity contribution in [1.82, 2.24) is 0 Å². The Morgan fingerprint density at radius 2 is 1.89 bits per heavy atom. The summed E-state index contributed by atoms with van der Waals surface area (Å²) in [6, 6.07) is 3.18. The van der Waals surface area contributed by atoms with E-state index >= 15 is 0 Å². The van der Waals surface area contributed by atoms with Crippen molar-refractivity contribution in [1.29, 1.82) is 0 Å². The minimum Gasteiger partial charge on any atom is -0.495 e. The van der Waals surface area contributed by atoms with E-state index in [0.29, 0.717) is 23.1 Å². The number of ether oxygens (including phenoxy) is 4. The summed E-state index contributed by atoms with van der Waals surface area (Å²) in [5.41, 5.74) is 0.688. The van der Waals surface area contributed by atoms with Crippen molar-refractivity contribution >= 4 is 35.1 Å². The normalized spacial score (nSPS) is 16.8. The van der Waals surface area contributed by atoms with Crippen LogP contribution in [0.1, 0.15) is 73.2 Å². The topological polar surface area (TPSA) is 91.3 Å². The number of aliphatic hydroxyl groups excluding tert-OH is 1. The minimum absolute atomic E-state index is 0.0118. The predicted molar refractivity (Wildman–Crippen MR) is 131 cm³/mol. The summed E-state index contributed by atoms with van der Waals surface area (Å²) < 4.78 is 23.0. The molecule has 9 heteroatoms. The molecule has 0 unspecified atom stereocenters. The van der Waals surface area contributed by atoms with Gasteiger partial charge in [-0.2, -0.15) is 0 Å². The minimum atomic E-state index is -0.858. The van der Waals surface area contributed by atoms with Crippen LogP contribution in [0.4, 0.5) is 0 Å². The zero-order chi connectivity index (χ0) is 25.7. The van der Waals surface area contributed by atoms with Gasteiger partial charge in [0.05, 0.1) is 34.2 Å². The van der Waals surface area contributed by atoms with Crippen LogP contribution in [0.2, 0.25) is 10.0 Å². The van der Waals surface area contributed by atoms with Crippen molar-refractivity contribution in [3.05, 3.63) is 44.4 Å². The summed E-state index contributed by atoms with van der Waals surface area (Å²) in [4.78, 5) is 25.9. The van der Waals surface area contributed by atoms with Crippen LogP contribution in [0, 0.1) is 18.3 Å². The molecule has 1 fully saturated rings. The lowest BCUT2D eigenvalue weighted by atomic mass is 9.96. The number of esters is 2. The zero-order valence-corrected chi connectivity index (χ0v) is 21.8. The van der Waals surface area contributed by atoms with Gasteiger partial charge in [0.25, 0.3) is 0 Å². The van der Waals surface area contributed by atoms with Gasteiger partial charge in [0.2, 0.25) is 0 Å². The van der Waals surface area contributed by atoms with Gasteiger partial charge in [-0.15, -0.1) is 0 Å². The molecule has 0 amide bonds. The van der Waals surface area contributed by atoms with E-state index in [9.17, 15) is 14.7 Å². The molecule has 4 rings (SSSR count). The molecule has 1 aliphatic carbocycles. The van der Waals surface area contributed by atoms with Gasteiger partial charge in [0.15, 0.2) is 11.5 Å². The Morgan fingerprint density at radius 1 is 1.20 bits per heavy atom. The van der Waals surface area contributed by atoms with Gasteiger partial charge >= 0.3 is 11.9 Å². The molecular formula is C26H28Cl2O7. The van der Waals surface area contributed by atoms with Crippen molar-refractivity contribution in [3.8, 4) is 23.0 Å². The summed E-state index contributed by atoms with van der Waals surface area (Å²) in [6.45, 7) is 7.23. The average molecular weight is 523 g/mol. The predicted octanol–water partition coefficient (Wildman–Crippen LogP) is 6.56. The molecule has 2 aliphatic rings. The number of carbonyl (C=O) groups is 2. The molecule has 7 nitrogen and oxygen atoms in total. The Morgan fingerprint density at radius 3 is 2.49 bits per heavy atom.